The number of rotatable bonds is 4. The lowest BCUT2D eigenvalue weighted by molar-refractivity contribution is 0.304. The first-order valence-corrected chi connectivity index (χ1v) is 8.96. The van der Waals surface area contributed by atoms with Gasteiger partial charge in [-0.15, -0.1) is 0 Å². The summed E-state index contributed by atoms with van der Waals surface area (Å²) >= 11 is 5.81. The van der Waals surface area contributed by atoms with Crippen molar-refractivity contribution in [3.05, 3.63) is 53.1 Å². The van der Waals surface area contributed by atoms with Gasteiger partial charge < -0.3 is 0 Å². The molecule has 1 saturated carbocycles. The Bertz CT molecular complexity index is 645. The van der Waals surface area contributed by atoms with E-state index in [1.54, 1.807) is 18.3 Å². The van der Waals surface area contributed by atoms with Crippen LogP contribution in [0, 0.1) is 11.7 Å². The summed E-state index contributed by atoms with van der Waals surface area (Å²) in [7, 11) is 0. The largest absolute Gasteiger partial charge is 0.244 e. The molecule has 0 spiro atoms. The molecule has 2 aromatic rings. The molecule has 1 aromatic heterocycles. The van der Waals surface area contributed by atoms with Crippen molar-refractivity contribution in [2.24, 2.45) is 5.92 Å². The first kappa shape index (κ1) is 16.4. The van der Waals surface area contributed by atoms with Gasteiger partial charge in [-0.2, -0.15) is 0 Å². The average molecular weight is 332 g/mol. The summed E-state index contributed by atoms with van der Waals surface area (Å²) in [4.78, 5) is 4.07. The molecule has 3 heteroatoms. The molecule has 23 heavy (non-hydrogen) atoms. The molecule has 0 atom stereocenters. The van der Waals surface area contributed by atoms with E-state index in [0.29, 0.717) is 11.1 Å². The van der Waals surface area contributed by atoms with E-state index >= 15 is 0 Å². The normalized spacial score (nSPS) is 21.3. The molecule has 0 amide bonds. The number of nitrogens with zero attached hydrogens (tertiary/aromatic N) is 1. The predicted octanol–water partition coefficient (Wildman–Crippen LogP) is 6.62. The Labute approximate surface area is 142 Å². The van der Waals surface area contributed by atoms with Gasteiger partial charge in [0.1, 0.15) is 11.0 Å². The Morgan fingerprint density at radius 3 is 2.43 bits per heavy atom. The topological polar surface area (TPSA) is 12.9 Å². The van der Waals surface area contributed by atoms with Gasteiger partial charge >= 0.3 is 0 Å². The van der Waals surface area contributed by atoms with Gasteiger partial charge in [-0.25, -0.2) is 9.37 Å². The maximum atomic E-state index is 14.6. The zero-order valence-electron chi connectivity index (χ0n) is 13.6. The first-order valence-electron chi connectivity index (χ1n) is 8.58. The molecule has 1 aliphatic carbocycles. The monoisotopic (exact) mass is 331 g/mol. The third-order valence-electron chi connectivity index (χ3n) is 5.04. The zero-order valence-corrected chi connectivity index (χ0v) is 14.3. The lowest BCUT2D eigenvalue weighted by atomic mass is 9.77. The fourth-order valence-electron chi connectivity index (χ4n) is 3.75. The van der Waals surface area contributed by atoms with E-state index < -0.39 is 0 Å². The molecule has 1 fully saturated rings. The Morgan fingerprint density at radius 2 is 1.83 bits per heavy atom. The van der Waals surface area contributed by atoms with Crippen molar-refractivity contribution in [2.75, 3.05) is 0 Å². The van der Waals surface area contributed by atoms with Gasteiger partial charge in [0.2, 0.25) is 0 Å². The molecule has 0 aliphatic heterocycles. The summed E-state index contributed by atoms with van der Waals surface area (Å²) in [5, 5.41) is 0.453. The minimum absolute atomic E-state index is 0.0867. The minimum Gasteiger partial charge on any atom is -0.244 e. The van der Waals surface area contributed by atoms with E-state index in [9.17, 15) is 4.39 Å². The van der Waals surface area contributed by atoms with Crippen LogP contribution >= 0.6 is 11.6 Å². The molecule has 1 aliphatic rings. The van der Waals surface area contributed by atoms with Crippen molar-refractivity contribution in [2.45, 2.75) is 51.4 Å². The highest BCUT2D eigenvalue weighted by molar-refractivity contribution is 6.29. The lowest BCUT2D eigenvalue weighted by Crippen LogP contribution is -2.14. The number of halogens is 2. The van der Waals surface area contributed by atoms with Gasteiger partial charge in [-0.3, -0.25) is 0 Å². The van der Waals surface area contributed by atoms with Gasteiger partial charge in [0, 0.05) is 11.8 Å². The third kappa shape index (κ3) is 3.92. The van der Waals surface area contributed by atoms with Crippen molar-refractivity contribution in [3.63, 3.8) is 0 Å². The van der Waals surface area contributed by atoms with Crippen LogP contribution in [-0.2, 0) is 0 Å². The van der Waals surface area contributed by atoms with E-state index in [1.165, 1.54) is 25.7 Å². The predicted molar refractivity (Wildman–Crippen MR) is 94.2 cm³/mol. The van der Waals surface area contributed by atoms with E-state index in [0.717, 1.165) is 35.4 Å². The molecule has 122 valence electrons. The maximum Gasteiger partial charge on any atom is 0.129 e. The van der Waals surface area contributed by atoms with Crippen molar-refractivity contribution in [1.29, 1.82) is 0 Å². The number of hydrogen-bond donors (Lipinski definition) is 0. The summed E-state index contributed by atoms with van der Waals surface area (Å²) < 4.78 is 14.6. The molecule has 1 heterocycles. The van der Waals surface area contributed by atoms with Crippen LogP contribution in [0.5, 0.6) is 0 Å². The highest BCUT2D eigenvalue weighted by Crippen LogP contribution is 2.39. The molecule has 0 saturated heterocycles. The Kier molecular flexibility index (Phi) is 5.32. The van der Waals surface area contributed by atoms with E-state index in [1.807, 2.05) is 18.2 Å². The van der Waals surface area contributed by atoms with Gasteiger partial charge in [-0.05, 0) is 66.8 Å². The summed E-state index contributed by atoms with van der Waals surface area (Å²) in [5.41, 5.74) is 2.63. The number of benzene rings is 1. The highest BCUT2D eigenvalue weighted by Gasteiger charge is 2.24. The molecule has 0 unspecified atom stereocenters. The van der Waals surface area contributed by atoms with Gasteiger partial charge in [0.15, 0.2) is 0 Å². The maximum absolute atomic E-state index is 14.6. The smallest absolute Gasteiger partial charge is 0.129 e. The van der Waals surface area contributed by atoms with Gasteiger partial charge in [-0.1, -0.05) is 43.5 Å². The van der Waals surface area contributed by atoms with E-state index in [4.69, 9.17) is 11.6 Å². The summed E-state index contributed by atoms with van der Waals surface area (Å²) in [6.07, 6.45) is 8.96. The zero-order chi connectivity index (χ0) is 16.2. The second kappa shape index (κ2) is 7.44. The Morgan fingerprint density at radius 1 is 1.09 bits per heavy atom. The molecular formula is C20H23ClFN. The van der Waals surface area contributed by atoms with Crippen LogP contribution in [0.4, 0.5) is 4.39 Å². The first-order chi connectivity index (χ1) is 11.2. The summed E-state index contributed by atoms with van der Waals surface area (Å²) in [6.45, 7) is 2.25. The van der Waals surface area contributed by atoms with E-state index in [2.05, 4.69) is 11.9 Å². The summed E-state index contributed by atoms with van der Waals surface area (Å²) in [6, 6.07) is 9.21. The second-order valence-electron chi connectivity index (χ2n) is 6.61. The van der Waals surface area contributed by atoms with Crippen LogP contribution in [0.3, 0.4) is 0 Å². The van der Waals surface area contributed by atoms with Crippen LogP contribution in [0.25, 0.3) is 11.1 Å². The van der Waals surface area contributed by atoms with Crippen molar-refractivity contribution >= 4 is 11.6 Å². The SMILES string of the molecule is CCC[C@H]1CC[C@H](c2ccc(-c3ccc(Cl)nc3)cc2F)CC1. The van der Waals surface area contributed by atoms with Crippen LogP contribution < -0.4 is 0 Å². The molecule has 3 rings (SSSR count). The number of pyridine rings is 1. The number of hydrogen-bond acceptors (Lipinski definition) is 1. The van der Waals surface area contributed by atoms with Gasteiger partial charge in [0.05, 0.1) is 0 Å². The van der Waals surface area contributed by atoms with E-state index in [-0.39, 0.29) is 5.82 Å². The minimum atomic E-state index is -0.0867. The van der Waals surface area contributed by atoms with Crippen LogP contribution in [0.15, 0.2) is 36.5 Å². The molecular weight excluding hydrogens is 309 g/mol. The highest BCUT2D eigenvalue weighted by atomic mass is 35.5. The fraction of sp³-hybridized carbons (Fsp3) is 0.450. The van der Waals surface area contributed by atoms with Crippen molar-refractivity contribution in [1.82, 2.24) is 4.98 Å². The van der Waals surface area contributed by atoms with Crippen LogP contribution in [0.1, 0.15) is 56.9 Å². The molecule has 0 bridgehead atoms. The third-order valence-corrected chi connectivity index (χ3v) is 5.27. The molecule has 1 nitrogen and oxygen atoms in total. The Hall–Kier alpha value is -1.41. The Balaban J connectivity index is 1.74. The number of aromatic nitrogens is 1. The van der Waals surface area contributed by atoms with Crippen LogP contribution in [-0.4, -0.2) is 4.98 Å². The van der Waals surface area contributed by atoms with Crippen molar-refractivity contribution < 1.29 is 4.39 Å². The molecule has 0 N–H and O–H groups in total. The summed E-state index contributed by atoms with van der Waals surface area (Å²) in [5.74, 6) is 1.13. The van der Waals surface area contributed by atoms with Gasteiger partial charge in [0.25, 0.3) is 0 Å². The standard InChI is InChI=1S/C20H23ClFN/c1-2-3-14-4-6-15(7-5-14)18-10-8-16(12-19(18)22)17-9-11-20(21)23-13-17/h8-15H,2-7H2,1H3/t14-,15-. The fourth-order valence-corrected chi connectivity index (χ4v) is 3.87. The molecule has 0 radical (unpaired) electrons. The average Bonchev–Trinajstić information content (AvgIpc) is 2.57. The molecule has 1 aromatic carbocycles. The van der Waals surface area contributed by atoms with Crippen molar-refractivity contribution in [3.8, 4) is 11.1 Å². The second-order valence-corrected chi connectivity index (χ2v) is 7.00. The quantitative estimate of drug-likeness (QED) is 0.574. The lowest BCUT2D eigenvalue weighted by Gasteiger charge is -2.29. The van der Waals surface area contributed by atoms with Crippen LogP contribution in [0.2, 0.25) is 5.15 Å².